The Labute approximate surface area is 181 Å². The van der Waals surface area contributed by atoms with E-state index < -0.39 is 6.04 Å². The molecule has 2 aromatic carbocycles. The smallest absolute Gasteiger partial charge is 0.247 e. The molecule has 2 fully saturated rings. The van der Waals surface area contributed by atoms with Gasteiger partial charge in [0.05, 0.1) is 26.7 Å². The third-order valence-corrected chi connectivity index (χ3v) is 5.99. The lowest BCUT2D eigenvalue weighted by Gasteiger charge is -2.27. The molecule has 0 unspecified atom stereocenters. The van der Waals surface area contributed by atoms with Gasteiger partial charge in [-0.3, -0.25) is 19.4 Å². The van der Waals surface area contributed by atoms with Crippen molar-refractivity contribution in [2.24, 2.45) is 0 Å². The molecular formula is C24H27FN2O4. The van der Waals surface area contributed by atoms with Crippen molar-refractivity contribution in [2.45, 2.75) is 44.3 Å². The molecule has 1 aliphatic carbocycles. The van der Waals surface area contributed by atoms with Crippen molar-refractivity contribution in [2.75, 3.05) is 20.8 Å². The van der Waals surface area contributed by atoms with Crippen molar-refractivity contribution in [1.29, 1.82) is 0 Å². The van der Waals surface area contributed by atoms with Gasteiger partial charge in [0.1, 0.15) is 5.82 Å². The highest BCUT2D eigenvalue weighted by molar-refractivity contribution is 6.05. The SMILES string of the molecule is COc1ccc(CCN2C(=O)C[C@@H](N(Cc3ccc(F)cc3)C3CC3)C2=O)cc1OC. The normalized spacial score (nSPS) is 18.7. The van der Waals surface area contributed by atoms with Crippen LogP contribution >= 0.6 is 0 Å². The minimum atomic E-state index is -0.449. The number of methoxy groups -OCH3 is 2. The third kappa shape index (κ3) is 4.71. The number of hydrogen-bond acceptors (Lipinski definition) is 5. The molecule has 1 aliphatic heterocycles. The zero-order valence-corrected chi connectivity index (χ0v) is 17.8. The Kier molecular flexibility index (Phi) is 6.23. The van der Waals surface area contributed by atoms with Crippen molar-refractivity contribution in [3.8, 4) is 11.5 Å². The average molecular weight is 426 g/mol. The average Bonchev–Trinajstić information content (AvgIpc) is 3.58. The second-order valence-electron chi connectivity index (χ2n) is 8.07. The number of halogens is 1. The van der Waals surface area contributed by atoms with Gasteiger partial charge in [0, 0.05) is 19.1 Å². The fourth-order valence-electron chi connectivity index (χ4n) is 4.14. The second-order valence-corrected chi connectivity index (χ2v) is 8.07. The number of amides is 2. The number of carbonyl (C=O) groups excluding carboxylic acids is 2. The number of hydrogen-bond donors (Lipinski definition) is 0. The van der Waals surface area contributed by atoms with E-state index in [-0.39, 0.29) is 24.1 Å². The molecule has 1 saturated heterocycles. The van der Waals surface area contributed by atoms with Crippen LogP contribution in [0.4, 0.5) is 4.39 Å². The molecule has 0 aromatic heterocycles. The summed E-state index contributed by atoms with van der Waals surface area (Å²) in [6, 6.07) is 11.8. The van der Waals surface area contributed by atoms with Gasteiger partial charge in [-0.2, -0.15) is 0 Å². The van der Waals surface area contributed by atoms with Crippen molar-refractivity contribution in [3.63, 3.8) is 0 Å². The first-order valence-corrected chi connectivity index (χ1v) is 10.6. The molecule has 164 valence electrons. The highest BCUT2D eigenvalue weighted by Gasteiger charge is 2.45. The van der Waals surface area contributed by atoms with E-state index in [1.165, 1.54) is 17.0 Å². The largest absolute Gasteiger partial charge is 0.493 e. The summed E-state index contributed by atoms with van der Waals surface area (Å²) >= 11 is 0. The van der Waals surface area contributed by atoms with E-state index in [4.69, 9.17) is 9.47 Å². The van der Waals surface area contributed by atoms with Crippen molar-refractivity contribution >= 4 is 11.8 Å². The quantitative estimate of drug-likeness (QED) is 0.577. The topological polar surface area (TPSA) is 59.1 Å². The van der Waals surface area contributed by atoms with Gasteiger partial charge in [-0.1, -0.05) is 18.2 Å². The molecule has 2 aromatic rings. The van der Waals surface area contributed by atoms with Crippen LogP contribution < -0.4 is 9.47 Å². The van der Waals surface area contributed by atoms with Crippen LogP contribution in [0.5, 0.6) is 11.5 Å². The molecule has 0 N–H and O–H groups in total. The van der Waals surface area contributed by atoms with Gasteiger partial charge in [0.25, 0.3) is 0 Å². The van der Waals surface area contributed by atoms with E-state index in [2.05, 4.69) is 4.90 Å². The number of imide groups is 1. The van der Waals surface area contributed by atoms with E-state index in [1.54, 1.807) is 26.4 Å². The van der Waals surface area contributed by atoms with Gasteiger partial charge >= 0.3 is 0 Å². The molecule has 1 heterocycles. The summed E-state index contributed by atoms with van der Waals surface area (Å²) in [5.41, 5.74) is 1.91. The van der Waals surface area contributed by atoms with Crippen molar-refractivity contribution < 1.29 is 23.5 Å². The maximum Gasteiger partial charge on any atom is 0.247 e. The lowest BCUT2D eigenvalue weighted by Crippen LogP contribution is -2.43. The fourth-order valence-corrected chi connectivity index (χ4v) is 4.14. The zero-order chi connectivity index (χ0) is 22.0. The van der Waals surface area contributed by atoms with Crippen LogP contribution in [0.2, 0.25) is 0 Å². The lowest BCUT2D eigenvalue weighted by atomic mass is 10.1. The first kappa shape index (κ1) is 21.3. The van der Waals surface area contributed by atoms with E-state index in [0.717, 1.165) is 24.0 Å². The minimum absolute atomic E-state index is 0.139. The van der Waals surface area contributed by atoms with Crippen molar-refractivity contribution in [1.82, 2.24) is 9.80 Å². The van der Waals surface area contributed by atoms with Gasteiger partial charge in [0.15, 0.2) is 11.5 Å². The molecule has 31 heavy (non-hydrogen) atoms. The van der Waals surface area contributed by atoms with Crippen LogP contribution in [0.15, 0.2) is 42.5 Å². The number of likely N-dealkylation sites (tertiary alicyclic amines) is 1. The number of nitrogens with zero attached hydrogens (tertiary/aromatic N) is 2. The Morgan fingerprint density at radius 3 is 2.32 bits per heavy atom. The summed E-state index contributed by atoms with van der Waals surface area (Å²) in [6.07, 6.45) is 2.78. The molecule has 0 spiro atoms. The van der Waals surface area contributed by atoms with E-state index >= 15 is 0 Å². The predicted molar refractivity (Wildman–Crippen MR) is 113 cm³/mol. The minimum Gasteiger partial charge on any atom is -0.493 e. The number of rotatable bonds is 9. The molecule has 2 amide bonds. The third-order valence-electron chi connectivity index (χ3n) is 5.99. The highest BCUT2D eigenvalue weighted by atomic mass is 19.1. The maximum absolute atomic E-state index is 13.2. The van der Waals surface area contributed by atoms with E-state index in [1.807, 2.05) is 18.2 Å². The van der Waals surface area contributed by atoms with E-state index in [9.17, 15) is 14.0 Å². The van der Waals surface area contributed by atoms with Gasteiger partial charge in [-0.05, 0) is 54.7 Å². The zero-order valence-electron chi connectivity index (χ0n) is 17.8. The molecular weight excluding hydrogens is 399 g/mol. The first-order valence-electron chi connectivity index (χ1n) is 10.6. The maximum atomic E-state index is 13.2. The van der Waals surface area contributed by atoms with Crippen LogP contribution in [-0.4, -0.2) is 54.5 Å². The monoisotopic (exact) mass is 426 g/mol. The molecule has 2 aliphatic rings. The molecule has 4 rings (SSSR count). The Balaban J connectivity index is 1.43. The number of ether oxygens (including phenoxy) is 2. The molecule has 7 heteroatoms. The Morgan fingerprint density at radius 1 is 1.00 bits per heavy atom. The Bertz CT molecular complexity index is 959. The summed E-state index contributed by atoms with van der Waals surface area (Å²) in [7, 11) is 3.16. The molecule has 1 atom stereocenters. The van der Waals surface area contributed by atoms with Crippen LogP contribution in [0.25, 0.3) is 0 Å². The number of benzene rings is 2. The summed E-state index contributed by atoms with van der Waals surface area (Å²) in [5.74, 6) is 0.701. The van der Waals surface area contributed by atoms with Gasteiger partial charge in [0.2, 0.25) is 11.8 Å². The fraction of sp³-hybridized carbons (Fsp3) is 0.417. The Morgan fingerprint density at radius 2 is 1.68 bits per heavy atom. The van der Waals surface area contributed by atoms with Gasteiger partial charge in [-0.15, -0.1) is 0 Å². The van der Waals surface area contributed by atoms with Crippen LogP contribution in [0.3, 0.4) is 0 Å². The standard InChI is InChI=1S/C24H27FN2O4/c1-30-21-10-5-16(13-22(21)31-2)11-12-26-23(28)14-20(24(26)29)27(19-8-9-19)15-17-3-6-18(25)7-4-17/h3-7,10,13,19-20H,8-9,11-12,14-15H2,1-2H3/t20-/m1/s1. The summed E-state index contributed by atoms with van der Waals surface area (Å²) < 4.78 is 23.8. The van der Waals surface area contributed by atoms with Crippen LogP contribution in [0.1, 0.15) is 30.4 Å². The number of carbonyl (C=O) groups is 2. The highest BCUT2D eigenvalue weighted by Crippen LogP contribution is 2.34. The predicted octanol–water partition coefficient (Wildman–Crippen LogP) is 3.18. The van der Waals surface area contributed by atoms with E-state index in [0.29, 0.717) is 37.1 Å². The van der Waals surface area contributed by atoms with Crippen molar-refractivity contribution in [3.05, 3.63) is 59.4 Å². The molecule has 0 radical (unpaired) electrons. The molecule has 6 nitrogen and oxygen atoms in total. The molecule has 0 bridgehead atoms. The summed E-state index contributed by atoms with van der Waals surface area (Å²) in [5, 5.41) is 0. The first-order chi connectivity index (χ1) is 15.0. The van der Waals surface area contributed by atoms with Gasteiger partial charge < -0.3 is 9.47 Å². The van der Waals surface area contributed by atoms with Crippen LogP contribution in [0, 0.1) is 5.82 Å². The second kappa shape index (κ2) is 9.06. The van der Waals surface area contributed by atoms with Gasteiger partial charge in [-0.25, -0.2) is 4.39 Å². The lowest BCUT2D eigenvalue weighted by molar-refractivity contribution is -0.139. The summed E-state index contributed by atoms with van der Waals surface area (Å²) in [4.78, 5) is 29.3. The van der Waals surface area contributed by atoms with Crippen LogP contribution in [-0.2, 0) is 22.6 Å². The summed E-state index contributed by atoms with van der Waals surface area (Å²) in [6.45, 7) is 0.872. The Hall–Kier alpha value is -2.93. The molecule has 1 saturated carbocycles.